The molecule has 1 atom stereocenters. The molecular weight excluding hydrogens is 302 g/mol. The second-order valence-electron chi connectivity index (χ2n) is 5.99. The smallest absolute Gasteiger partial charge is 0.148 e. The summed E-state index contributed by atoms with van der Waals surface area (Å²) >= 11 is 4.57. The normalized spacial score (nSPS) is 13.9. The Morgan fingerprint density at radius 2 is 1.78 bits per heavy atom. The van der Waals surface area contributed by atoms with Gasteiger partial charge in [0.25, 0.3) is 0 Å². The van der Waals surface area contributed by atoms with Gasteiger partial charge in [-0.15, -0.1) is 12.6 Å². The van der Waals surface area contributed by atoms with Crippen molar-refractivity contribution in [2.24, 2.45) is 0 Å². The predicted molar refractivity (Wildman–Crippen MR) is 101 cm³/mol. The molecule has 2 nitrogen and oxygen atoms in total. The number of nitrogens with zero attached hydrogens (tertiary/aromatic N) is 1. The van der Waals surface area contributed by atoms with Gasteiger partial charge in [0.2, 0.25) is 0 Å². The van der Waals surface area contributed by atoms with Crippen LogP contribution in [0.15, 0.2) is 54.6 Å². The molecule has 0 radical (unpaired) electrons. The summed E-state index contributed by atoms with van der Waals surface area (Å²) in [6, 6.07) is 19.0. The Labute approximate surface area is 143 Å². The Hall–Kier alpha value is -1.87. The first-order valence-electron chi connectivity index (χ1n) is 8.14. The van der Waals surface area contributed by atoms with Crippen molar-refractivity contribution < 1.29 is 4.74 Å². The summed E-state index contributed by atoms with van der Waals surface area (Å²) in [6.45, 7) is 7.17. The van der Waals surface area contributed by atoms with Gasteiger partial charge in [0.05, 0.1) is 5.52 Å². The van der Waals surface area contributed by atoms with Crippen molar-refractivity contribution in [3.8, 4) is 17.0 Å². The number of hydrogen-bond acceptors (Lipinski definition) is 2. The van der Waals surface area contributed by atoms with E-state index < -0.39 is 4.93 Å². The lowest BCUT2D eigenvalue weighted by Crippen LogP contribution is -2.23. The van der Waals surface area contributed by atoms with E-state index >= 15 is 0 Å². The van der Waals surface area contributed by atoms with Crippen molar-refractivity contribution in [3.05, 3.63) is 54.6 Å². The van der Waals surface area contributed by atoms with Gasteiger partial charge in [-0.1, -0.05) is 37.3 Å². The average molecular weight is 325 g/mol. The Morgan fingerprint density at radius 1 is 1.04 bits per heavy atom. The summed E-state index contributed by atoms with van der Waals surface area (Å²) in [6.07, 6.45) is 0.845. The first-order chi connectivity index (χ1) is 11.0. The number of aromatic nitrogens is 1. The van der Waals surface area contributed by atoms with Gasteiger partial charge in [0.15, 0.2) is 0 Å². The third-order valence-electron chi connectivity index (χ3n) is 4.26. The maximum absolute atomic E-state index is 6.02. The minimum atomic E-state index is -0.445. The predicted octanol–water partition coefficient (Wildman–Crippen LogP) is 5.76. The zero-order chi connectivity index (χ0) is 16.4. The summed E-state index contributed by atoms with van der Waals surface area (Å²) in [5.74, 6) is 0.865. The second kappa shape index (κ2) is 6.32. The zero-order valence-electron chi connectivity index (χ0n) is 13.9. The van der Waals surface area contributed by atoms with Crippen LogP contribution >= 0.6 is 12.6 Å². The third kappa shape index (κ3) is 3.25. The molecule has 1 unspecified atom stereocenters. The van der Waals surface area contributed by atoms with Gasteiger partial charge in [-0.25, -0.2) is 0 Å². The van der Waals surface area contributed by atoms with Gasteiger partial charge < -0.3 is 9.30 Å². The Bertz CT molecular complexity index is 805. The molecule has 0 amide bonds. The molecule has 0 saturated carbocycles. The molecule has 1 aromatic heterocycles. The topological polar surface area (TPSA) is 14.2 Å². The van der Waals surface area contributed by atoms with Crippen LogP contribution in [0, 0.1) is 0 Å². The van der Waals surface area contributed by atoms with E-state index in [-0.39, 0.29) is 0 Å². The summed E-state index contributed by atoms with van der Waals surface area (Å²) in [7, 11) is 0. The fraction of sp³-hybridized carbons (Fsp3) is 0.300. The van der Waals surface area contributed by atoms with Crippen LogP contribution in [0.1, 0.15) is 27.2 Å². The van der Waals surface area contributed by atoms with Gasteiger partial charge in [0, 0.05) is 23.7 Å². The van der Waals surface area contributed by atoms with Crippen molar-refractivity contribution in [2.75, 3.05) is 0 Å². The quantitative estimate of drug-likeness (QED) is 0.465. The first kappa shape index (κ1) is 16.0. The van der Waals surface area contributed by atoms with Crippen LogP contribution in [0.3, 0.4) is 0 Å². The van der Waals surface area contributed by atoms with Crippen molar-refractivity contribution in [3.63, 3.8) is 0 Å². The van der Waals surface area contributed by atoms with Crippen molar-refractivity contribution >= 4 is 23.5 Å². The highest BCUT2D eigenvalue weighted by atomic mass is 32.1. The molecule has 0 bridgehead atoms. The van der Waals surface area contributed by atoms with Crippen molar-refractivity contribution in [1.29, 1.82) is 0 Å². The minimum Gasteiger partial charge on any atom is -0.477 e. The van der Waals surface area contributed by atoms with E-state index in [9.17, 15) is 0 Å². The van der Waals surface area contributed by atoms with Crippen LogP contribution in [-0.2, 0) is 6.54 Å². The number of rotatable bonds is 5. The lowest BCUT2D eigenvalue weighted by atomic mass is 10.1. The molecular formula is C20H23NOS. The summed E-state index contributed by atoms with van der Waals surface area (Å²) in [4.78, 5) is -0.445. The highest BCUT2D eigenvalue weighted by molar-refractivity contribution is 7.81. The van der Waals surface area contributed by atoms with Crippen LogP contribution in [-0.4, -0.2) is 9.50 Å². The Balaban J connectivity index is 2.09. The largest absolute Gasteiger partial charge is 0.477 e. The van der Waals surface area contributed by atoms with Crippen LogP contribution in [0.4, 0.5) is 0 Å². The van der Waals surface area contributed by atoms with Gasteiger partial charge in [-0.2, -0.15) is 0 Å². The van der Waals surface area contributed by atoms with Crippen LogP contribution in [0.5, 0.6) is 5.75 Å². The van der Waals surface area contributed by atoms with E-state index in [0.29, 0.717) is 0 Å². The summed E-state index contributed by atoms with van der Waals surface area (Å²) < 4.78 is 8.36. The number of benzene rings is 2. The molecule has 120 valence electrons. The standard InChI is InChI=1S/C20H23NOS/c1-4-20(3,23)22-17-12-11-16-13-18(15-9-7-6-8-10-15)21(5-2)19(16)14-17/h6-14,23H,4-5H2,1-3H3. The lowest BCUT2D eigenvalue weighted by Gasteiger charge is -2.23. The fourth-order valence-electron chi connectivity index (χ4n) is 2.81. The lowest BCUT2D eigenvalue weighted by molar-refractivity contribution is 0.184. The highest BCUT2D eigenvalue weighted by Crippen LogP contribution is 2.32. The van der Waals surface area contributed by atoms with Gasteiger partial charge in [-0.05, 0) is 44.0 Å². The van der Waals surface area contributed by atoms with Gasteiger partial charge >= 0.3 is 0 Å². The number of ether oxygens (including phenoxy) is 1. The molecule has 0 aliphatic heterocycles. The number of hydrogen-bond donors (Lipinski definition) is 1. The molecule has 0 saturated heterocycles. The van der Waals surface area contributed by atoms with Crippen LogP contribution in [0.2, 0.25) is 0 Å². The first-order valence-corrected chi connectivity index (χ1v) is 8.59. The average Bonchev–Trinajstić information content (AvgIpc) is 2.93. The van der Waals surface area contributed by atoms with E-state index in [2.05, 4.69) is 73.5 Å². The van der Waals surface area contributed by atoms with E-state index in [1.807, 2.05) is 19.1 Å². The van der Waals surface area contributed by atoms with Gasteiger partial charge in [-0.3, -0.25) is 0 Å². The van der Waals surface area contributed by atoms with E-state index in [1.165, 1.54) is 22.2 Å². The summed E-state index contributed by atoms with van der Waals surface area (Å²) in [5, 5.41) is 1.23. The van der Waals surface area contributed by atoms with E-state index in [1.54, 1.807) is 0 Å². The molecule has 2 aromatic carbocycles. The molecule has 3 heteroatoms. The van der Waals surface area contributed by atoms with Crippen LogP contribution < -0.4 is 4.74 Å². The molecule has 0 aliphatic carbocycles. The molecule has 1 heterocycles. The maximum atomic E-state index is 6.02. The molecule has 0 spiro atoms. The maximum Gasteiger partial charge on any atom is 0.148 e. The third-order valence-corrected chi connectivity index (χ3v) is 4.66. The number of fused-ring (bicyclic) bond motifs is 1. The Kier molecular flexibility index (Phi) is 4.40. The number of thiol groups is 1. The fourth-order valence-corrected chi connectivity index (χ4v) is 2.92. The van der Waals surface area contributed by atoms with Crippen LogP contribution in [0.25, 0.3) is 22.2 Å². The zero-order valence-corrected chi connectivity index (χ0v) is 14.8. The van der Waals surface area contributed by atoms with Crippen molar-refractivity contribution in [2.45, 2.75) is 38.7 Å². The molecule has 0 fully saturated rings. The second-order valence-corrected chi connectivity index (χ2v) is 6.94. The summed E-state index contributed by atoms with van der Waals surface area (Å²) in [5.41, 5.74) is 3.68. The molecule has 0 N–H and O–H groups in total. The minimum absolute atomic E-state index is 0.445. The van der Waals surface area contributed by atoms with Gasteiger partial charge in [0.1, 0.15) is 10.7 Å². The molecule has 0 aliphatic rings. The van der Waals surface area contributed by atoms with Crippen molar-refractivity contribution in [1.82, 2.24) is 4.57 Å². The number of aryl methyl sites for hydroxylation is 1. The highest BCUT2D eigenvalue weighted by Gasteiger charge is 2.19. The van der Waals surface area contributed by atoms with E-state index in [0.717, 1.165) is 18.7 Å². The molecule has 3 aromatic rings. The Morgan fingerprint density at radius 3 is 2.43 bits per heavy atom. The molecule has 23 heavy (non-hydrogen) atoms. The monoisotopic (exact) mass is 325 g/mol. The molecule has 3 rings (SSSR count). The SMILES string of the molecule is CCn1c(-c2ccccc2)cc2ccc(OC(C)(S)CC)cc21. The van der Waals surface area contributed by atoms with E-state index in [4.69, 9.17) is 4.74 Å².